The highest BCUT2D eigenvalue weighted by molar-refractivity contribution is 6.33. The molecule has 0 unspecified atom stereocenters. The highest BCUT2D eigenvalue weighted by atomic mass is 35.5. The molecular weight excluding hydrogens is 250 g/mol. The van der Waals surface area contributed by atoms with Crippen LogP contribution in [0.15, 0.2) is 46.5 Å². The van der Waals surface area contributed by atoms with Crippen molar-refractivity contribution in [3.8, 4) is 5.75 Å². The van der Waals surface area contributed by atoms with Gasteiger partial charge in [-0.3, -0.25) is 4.79 Å². The quantitative estimate of drug-likeness (QED) is 0.786. The maximum atomic E-state index is 11.3. The smallest absolute Gasteiger partial charge is 0.179 e. The van der Waals surface area contributed by atoms with Crippen LogP contribution in [0.25, 0.3) is 0 Å². The minimum Gasteiger partial charge on any atom is -0.508 e. The Morgan fingerprint density at radius 1 is 1.17 bits per heavy atom. The predicted octanol–water partition coefficient (Wildman–Crippen LogP) is 3.59. The van der Waals surface area contributed by atoms with Gasteiger partial charge in [0.05, 0.1) is 16.4 Å². The second-order valence-electron chi connectivity index (χ2n) is 4.15. The number of hydrogen-bond acceptors (Lipinski definition) is 3. The lowest BCUT2D eigenvalue weighted by Gasteiger charge is -2.12. The number of halogens is 1. The first-order valence-corrected chi connectivity index (χ1v) is 5.83. The van der Waals surface area contributed by atoms with Crippen molar-refractivity contribution in [2.45, 2.75) is 13.8 Å². The fraction of sp³-hybridized carbons (Fsp3) is 0.143. The molecule has 1 aromatic rings. The molecule has 0 fully saturated rings. The molecule has 0 aromatic heterocycles. The lowest BCUT2D eigenvalue weighted by molar-refractivity contribution is -0.110. The minimum absolute atomic E-state index is 0.0271. The molecule has 1 N–H and O–H groups in total. The van der Waals surface area contributed by atoms with Gasteiger partial charge in [0, 0.05) is 6.07 Å². The molecular formula is C14H12ClNO2. The molecule has 18 heavy (non-hydrogen) atoms. The fourth-order valence-corrected chi connectivity index (χ4v) is 2.02. The van der Waals surface area contributed by atoms with E-state index >= 15 is 0 Å². The minimum atomic E-state index is -0.0271. The molecule has 0 heterocycles. The second kappa shape index (κ2) is 4.78. The molecule has 0 saturated heterocycles. The van der Waals surface area contributed by atoms with Gasteiger partial charge in [-0.2, -0.15) is 0 Å². The number of phenols is 1. The molecule has 2 rings (SSSR count). The molecule has 92 valence electrons. The third-order valence-electron chi connectivity index (χ3n) is 2.63. The van der Waals surface area contributed by atoms with Crippen LogP contribution >= 0.6 is 11.6 Å². The van der Waals surface area contributed by atoms with Crippen LogP contribution < -0.4 is 0 Å². The second-order valence-corrected chi connectivity index (χ2v) is 4.56. The summed E-state index contributed by atoms with van der Waals surface area (Å²) in [5.74, 6) is 0.0723. The summed E-state index contributed by atoms with van der Waals surface area (Å²) in [5.41, 5.74) is 2.93. The summed E-state index contributed by atoms with van der Waals surface area (Å²) in [4.78, 5) is 15.8. The number of ketones is 1. The van der Waals surface area contributed by atoms with Crippen LogP contribution in [-0.4, -0.2) is 16.6 Å². The van der Waals surface area contributed by atoms with E-state index in [-0.39, 0.29) is 11.5 Å². The zero-order chi connectivity index (χ0) is 13.3. The van der Waals surface area contributed by atoms with E-state index in [1.54, 1.807) is 18.2 Å². The molecule has 1 aliphatic rings. The summed E-state index contributed by atoms with van der Waals surface area (Å²) in [6.45, 7) is 3.67. The van der Waals surface area contributed by atoms with Gasteiger partial charge in [-0.1, -0.05) is 11.6 Å². The average Bonchev–Trinajstić information content (AvgIpc) is 2.25. The number of hydrogen-bond donors (Lipinski definition) is 1. The Morgan fingerprint density at radius 2 is 1.78 bits per heavy atom. The van der Waals surface area contributed by atoms with E-state index in [1.807, 2.05) is 13.8 Å². The fourth-order valence-electron chi connectivity index (χ4n) is 1.80. The number of rotatable bonds is 1. The predicted molar refractivity (Wildman–Crippen MR) is 72.7 cm³/mol. The number of phenolic OH excluding ortho intramolecular Hbond substituents is 1. The van der Waals surface area contributed by atoms with Gasteiger partial charge in [-0.25, -0.2) is 4.99 Å². The summed E-state index contributed by atoms with van der Waals surface area (Å²) in [6.07, 6.45) is 3.08. The van der Waals surface area contributed by atoms with Crippen molar-refractivity contribution in [3.05, 3.63) is 46.5 Å². The highest BCUT2D eigenvalue weighted by Crippen LogP contribution is 2.30. The molecule has 0 saturated carbocycles. The summed E-state index contributed by atoms with van der Waals surface area (Å²) >= 11 is 6.00. The van der Waals surface area contributed by atoms with E-state index in [4.69, 9.17) is 11.6 Å². The SMILES string of the molecule is CC1=CC(=O)C=C(C)C1=Nc1ccc(O)cc1Cl. The standard InChI is InChI=1S/C14H12ClNO2/c1-8-5-11(18)6-9(2)14(8)16-13-4-3-10(17)7-12(13)15/h3-7,17H,1-2H3. The van der Waals surface area contributed by atoms with E-state index in [0.717, 1.165) is 16.9 Å². The van der Waals surface area contributed by atoms with Gasteiger partial charge in [0.25, 0.3) is 0 Å². The summed E-state index contributed by atoms with van der Waals surface area (Å²) in [6, 6.07) is 4.60. The molecule has 0 spiro atoms. The number of aromatic hydroxyl groups is 1. The summed E-state index contributed by atoms with van der Waals surface area (Å²) < 4.78 is 0. The number of benzene rings is 1. The van der Waals surface area contributed by atoms with Crippen molar-refractivity contribution in [2.24, 2.45) is 4.99 Å². The van der Waals surface area contributed by atoms with Gasteiger partial charge in [0.2, 0.25) is 0 Å². The maximum absolute atomic E-state index is 11.3. The van der Waals surface area contributed by atoms with Crippen molar-refractivity contribution in [1.29, 1.82) is 0 Å². The van der Waals surface area contributed by atoms with Gasteiger partial charge in [0.1, 0.15) is 5.75 Å². The average molecular weight is 262 g/mol. The number of nitrogens with zero attached hydrogens (tertiary/aromatic N) is 1. The Labute approximate surface area is 110 Å². The molecule has 0 aliphatic heterocycles. The lowest BCUT2D eigenvalue weighted by Crippen LogP contribution is -2.10. The van der Waals surface area contributed by atoms with Gasteiger partial charge in [0.15, 0.2) is 5.78 Å². The van der Waals surface area contributed by atoms with Crippen LogP contribution in [0.5, 0.6) is 5.75 Å². The molecule has 3 nitrogen and oxygen atoms in total. The molecule has 0 atom stereocenters. The Balaban J connectivity index is 2.48. The third-order valence-corrected chi connectivity index (χ3v) is 2.93. The van der Waals surface area contributed by atoms with Crippen LogP contribution in [-0.2, 0) is 4.79 Å². The molecule has 0 bridgehead atoms. The van der Waals surface area contributed by atoms with Crippen LogP contribution in [0.1, 0.15) is 13.8 Å². The van der Waals surface area contributed by atoms with Crippen molar-refractivity contribution in [3.63, 3.8) is 0 Å². The summed E-state index contributed by atoms with van der Waals surface area (Å²) in [5, 5.41) is 9.66. The summed E-state index contributed by atoms with van der Waals surface area (Å²) in [7, 11) is 0. The van der Waals surface area contributed by atoms with Gasteiger partial charge < -0.3 is 5.11 Å². The van der Waals surface area contributed by atoms with Crippen LogP contribution in [0, 0.1) is 0 Å². The zero-order valence-electron chi connectivity index (χ0n) is 10.1. The van der Waals surface area contributed by atoms with E-state index in [1.165, 1.54) is 12.1 Å². The van der Waals surface area contributed by atoms with Crippen molar-refractivity contribution in [1.82, 2.24) is 0 Å². The monoisotopic (exact) mass is 261 g/mol. The molecule has 0 radical (unpaired) electrons. The van der Waals surface area contributed by atoms with E-state index in [2.05, 4.69) is 4.99 Å². The van der Waals surface area contributed by atoms with Crippen molar-refractivity contribution in [2.75, 3.05) is 0 Å². The first-order chi connectivity index (χ1) is 8.47. The zero-order valence-corrected chi connectivity index (χ0v) is 10.8. The molecule has 1 aromatic carbocycles. The van der Waals surface area contributed by atoms with E-state index in [9.17, 15) is 9.90 Å². The van der Waals surface area contributed by atoms with E-state index < -0.39 is 0 Å². The van der Waals surface area contributed by atoms with Crippen LogP contribution in [0.3, 0.4) is 0 Å². The van der Waals surface area contributed by atoms with Crippen LogP contribution in [0.2, 0.25) is 5.02 Å². The Kier molecular flexibility index (Phi) is 3.34. The van der Waals surface area contributed by atoms with Crippen LogP contribution in [0.4, 0.5) is 5.69 Å². The lowest BCUT2D eigenvalue weighted by atomic mass is 9.97. The highest BCUT2D eigenvalue weighted by Gasteiger charge is 2.14. The van der Waals surface area contributed by atoms with E-state index in [0.29, 0.717) is 10.7 Å². The van der Waals surface area contributed by atoms with Gasteiger partial charge >= 0.3 is 0 Å². The third kappa shape index (κ3) is 2.51. The number of aliphatic imine (C=N–C) groups is 1. The maximum Gasteiger partial charge on any atom is 0.179 e. The molecule has 4 heteroatoms. The first-order valence-electron chi connectivity index (χ1n) is 5.46. The van der Waals surface area contributed by atoms with Crippen molar-refractivity contribution >= 4 is 28.8 Å². The van der Waals surface area contributed by atoms with Gasteiger partial charge in [-0.05, 0) is 49.3 Å². The normalized spacial score (nSPS) is 15.3. The van der Waals surface area contributed by atoms with Crippen molar-refractivity contribution < 1.29 is 9.90 Å². The molecule has 1 aliphatic carbocycles. The number of carbonyl (C=O) groups excluding carboxylic acids is 1. The number of allylic oxidation sites excluding steroid dienone is 4. The number of carbonyl (C=O) groups is 1. The Bertz CT molecular complexity index is 588. The largest absolute Gasteiger partial charge is 0.508 e. The Morgan fingerprint density at radius 3 is 2.33 bits per heavy atom. The van der Waals surface area contributed by atoms with Gasteiger partial charge in [-0.15, -0.1) is 0 Å². The topological polar surface area (TPSA) is 49.7 Å². The molecule has 0 amide bonds. The Hall–Kier alpha value is -1.87. The first kappa shape index (κ1) is 12.6.